The van der Waals surface area contributed by atoms with E-state index >= 15 is 0 Å². The Bertz CT molecular complexity index is 657. The van der Waals surface area contributed by atoms with E-state index in [1.165, 1.54) is 0 Å². The van der Waals surface area contributed by atoms with Gasteiger partial charge in [-0.15, -0.1) is 0 Å². The van der Waals surface area contributed by atoms with Gasteiger partial charge in [0.25, 0.3) is 5.91 Å². The van der Waals surface area contributed by atoms with Gasteiger partial charge in [0.15, 0.2) is 12.4 Å². The van der Waals surface area contributed by atoms with Crippen molar-refractivity contribution in [3.63, 3.8) is 0 Å². The SMILES string of the molecule is Nc1ccccc1OCC(=O)Nc1c(F)cc(F)cc1Cl. The highest BCUT2D eigenvalue weighted by molar-refractivity contribution is 6.33. The summed E-state index contributed by atoms with van der Waals surface area (Å²) < 4.78 is 31.6. The fourth-order valence-corrected chi connectivity index (χ4v) is 1.83. The number of halogens is 3. The first-order valence-corrected chi connectivity index (χ1v) is 6.27. The molecule has 3 N–H and O–H groups in total. The smallest absolute Gasteiger partial charge is 0.262 e. The highest BCUT2D eigenvalue weighted by Gasteiger charge is 2.13. The summed E-state index contributed by atoms with van der Waals surface area (Å²) in [5.41, 5.74) is 5.72. The topological polar surface area (TPSA) is 64.3 Å². The highest BCUT2D eigenvalue weighted by Crippen LogP contribution is 2.26. The number of ether oxygens (including phenoxy) is 1. The molecule has 0 unspecified atom stereocenters. The Balaban J connectivity index is 2.01. The Morgan fingerprint density at radius 3 is 2.67 bits per heavy atom. The van der Waals surface area contributed by atoms with Gasteiger partial charge in [-0.1, -0.05) is 23.7 Å². The molecule has 110 valence electrons. The van der Waals surface area contributed by atoms with Gasteiger partial charge in [-0.25, -0.2) is 8.78 Å². The number of nitrogens with one attached hydrogen (secondary N) is 1. The zero-order valence-corrected chi connectivity index (χ0v) is 11.5. The normalized spacial score (nSPS) is 10.2. The van der Waals surface area contributed by atoms with Crippen LogP contribution in [0.3, 0.4) is 0 Å². The van der Waals surface area contributed by atoms with Crippen molar-refractivity contribution in [1.29, 1.82) is 0 Å². The molecular weight excluding hydrogens is 302 g/mol. The number of para-hydroxylation sites is 2. The molecule has 0 aliphatic heterocycles. The van der Waals surface area contributed by atoms with Gasteiger partial charge in [-0.3, -0.25) is 4.79 Å². The van der Waals surface area contributed by atoms with E-state index in [1.807, 2.05) is 0 Å². The predicted molar refractivity (Wildman–Crippen MR) is 76.3 cm³/mol. The van der Waals surface area contributed by atoms with Crippen molar-refractivity contribution in [3.8, 4) is 5.75 Å². The van der Waals surface area contributed by atoms with Crippen molar-refractivity contribution < 1.29 is 18.3 Å². The average molecular weight is 313 g/mol. The number of benzene rings is 2. The van der Waals surface area contributed by atoms with Gasteiger partial charge in [0.2, 0.25) is 0 Å². The lowest BCUT2D eigenvalue weighted by Gasteiger charge is -2.10. The van der Waals surface area contributed by atoms with E-state index < -0.39 is 17.5 Å². The van der Waals surface area contributed by atoms with Crippen molar-refractivity contribution in [2.45, 2.75) is 0 Å². The number of carbonyl (C=O) groups excluding carboxylic acids is 1. The molecule has 0 heterocycles. The second-order valence-electron chi connectivity index (χ2n) is 4.12. The molecule has 0 saturated carbocycles. The van der Waals surface area contributed by atoms with Crippen LogP contribution in [0.2, 0.25) is 5.02 Å². The van der Waals surface area contributed by atoms with E-state index in [1.54, 1.807) is 24.3 Å². The lowest BCUT2D eigenvalue weighted by atomic mass is 10.3. The molecule has 0 atom stereocenters. The van der Waals surface area contributed by atoms with Gasteiger partial charge in [0, 0.05) is 6.07 Å². The lowest BCUT2D eigenvalue weighted by Crippen LogP contribution is -2.21. The van der Waals surface area contributed by atoms with Crippen molar-refractivity contribution in [2.24, 2.45) is 0 Å². The van der Waals surface area contributed by atoms with E-state index in [4.69, 9.17) is 22.1 Å². The van der Waals surface area contributed by atoms with Crippen LogP contribution in [0.15, 0.2) is 36.4 Å². The summed E-state index contributed by atoms with van der Waals surface area (Å²) in [6.45, 7) is -0.388. The Kier molecular flexibility index (Phi) is 4.59. The van der Waals surface area contributed by atoms with Gasteiger partial charge >= 0.3 is 0 Å². The third kappa shape index (κ3) is 3.82. The molecule has 0 radical (unpaired) electrons. The first kappa shape index (κ1) is 15.1. The molecule has 4 nitrogen and oxygen atoms in total. The molecule has 2 aromatic rings. The molecule has 2 rings (SSSR count). The first-order valence-electron chi connectivity index (χ1n) is 5.89. The van der Waals surface area contributed by atoms with Crippen LogP contribution in [0, 0.1) is 11.6 Å². The summed E-state index contributed by atoms with van der Waals surface area (Å²) >= 11 is 5.67. The van der Waals surface area contributed by atoms with Gasteiger partial charge in [-0.05, 0) is 18.2 Å². The minimum absolute atomic E-state index is 0.236. The van der Waals surface area contributed by atoms with Crippen LogP contribution in [0.25, 0.3) is 0 Å². The van der Waals surface area contributed by atoms with E-state index in [2.05, 4.69) is 5.32 Å². The molecule has 0 bridgehead atoms. The van der Waals surface area contributed by atoms with E-state index in [-0.39, 0.29) is 17.3 Å². The monoisotopic (exact) mass is 312 g/mol. The third-order valence-corrected chi connectivity index (χ3v) is 2.85. The Morgan fingerprint density at radius 2 is 2.00 bits per heavy atom. The lowest BCUT2D eigenvalue weighted by molar-refractivity contribution is -0.118. The average Bonchev–Trinajstić information content (AvgIpc) is 2.42. The third-order valence-electron chi connectivity index (χ3n) is 2.55. The number of amides is 1. The number of carbonyl (C=O) groups is 1. The van der Waals surface area contributed by atoms with Crippen molar-refractivity contribution in [2.75, 3.05) is 17.7 Å². The number of hydrogen-bond acceptors (Lipinski definition) is 3. The number of nitrogens with two attached hydrogens (primary N) is 1. The van der Waals surface area contributed by atoms with Gasteiger partial charge < -0.3 is 15.8 Å². The zero-order valence-electron chi connectivity index (χ0n) is 10.7. The number of nitrogen functional groups attached to an aromatic ring is 1. The Hall–Kier alpha value is -2.34. The highest BCUT2D eigenvalue weighted by atomic mass is 35.5. The van der Waals surface area contributed by atoms with Crippen LogP contribution in [0.5, 0.6) is 5.75 Å². The molecule has 0 fully saturated rings. The van der Waals surface area contributed by atoms with E-state index in [0.717, 1.165) is 6.07 Å². The van der Waals surface area contributed by atoms with Gasteiger partial charge in [0.05, 0.1) is 16.4 Å². The van der Waals surface area contributed by atoms with Gasteiger partial charge in [-0.2, -0.15) is 0 Å². The fourth-order valence-electron chi connectivity index (χ4n) is 1.59. The van der Waals surface area contributed by atoms with Crippen molar-refractivity contribution >= 4 is 28.9 Å². The zero-order chi connectivity index (χ0) is 15.4. The van der Waals surface area contributed by atoms with Gasteiger partial charge in [0.1, 0.15) is 11.6 Å². The molecule has 1 amide bonds. The standard InChI is InChI=1S/C14H11ClF2N2O2/c15-9-5-8(16)6-10(17)14(9)19-13(20)7-21-12-4-2-1-3-11(12)18/h1-6H,7,18H2,(H,19,20). The largest absolute Gasteiger partial charge is 0.482 e. The van der Waals surface area contributed by atoms with Crippen LogP contribution in [0.1, 0.15) is 0 Å². The molecule has 2 aromatic carbocycles. The van der Waals surface area contributed by atoms with Crippen molar-refractivity contribution in [1.82, 2.24) is 0 Å². The maximum atomic E-state index is 13.5. The molecule has 0 saturated heterocycles. The summed E-state index contributed by atoms with van der Waals surface area (Å²) in [7, 11) is 0. The maximum Gasteiger partial charge on any atom is 0.262 e. The minimum atomic E-state index is -0.965. The number of hydrogen-bond donors (Lipinski definition) is 2. The summed E-state index contributed by atoms with van der Waals surface area (Å²) in [5, 5.41) is 1.98. The van der Waals surface area contributed by atoms with Crippen molar-refractivity contribution in [3.05, 3.63) is 53.1 Å². The summed E-state index contributed by atoms with van der Waals surface area (Å²) in [5.74, 6) is -2.11. The minimum Gasteiger partial charge on any atom is -0.482 e. The molecule has 21 heavy (non-hydrogen) atoms. The second-order valence-corrected chi connectivity index (χ2v) is 4.53. The van der Waals surface area contributed by atoms with Crippen LogP contribution in [-0.4, -0.2) is 12.5 Å². The predicted octanol–water partition coefficient (Wildman–Crippen LogP) is 3.22. The summed E-state index contributed by atoms with van der Waals surface area (Å²) in [6, 6.07) is 8.14. The summed E-state index contributed by atoms with van der Waals surface area (Å²) in [4.78, 5) is 11.7. The maximum absolute atomic E-state index is 13.5. The molecule has 7 heteroatoms. The Morgan fingerprint density at radius 1 is 1.29 bits per heavy atom. The van der Waals surface area contributed by atoms with E-state index in [9.17, 15) is 13.6 Å². The number of anilines is 2. The molecular formula is C14H11ClF2N2O2. The Labute approximate surface area is 124 Å². The molecule has 0 aromatic heterocycles. The molecule has 0 aliphatic rings. The fraction of sp³-hybridized carbons (Fsp3) is 0.0714. The summed E-state index contributed by atoms with van der Waals surface area (Å²) in [6.07, 6.45) is 0. The van der Waals surface area contributed by atoms with Crippen LogP contribution in [-0.2, 0) is 4.79 Å². The molecule has 0 spiro atoms. The van der Waals surface area contributed by atoms with Crippen LogP contribution < -0.4 is 15.8 Å². The number of rotatable bonds is 4. The van der Waals surface area contributed by atoms with Crippen LogP contribution >= 0.6 is 11.6 Å². The van der Waals surface area contributed by atoms with Crippen LogP contribution in [0.4, 0.5) is 20.2 Å². The second kappa shape index (κ2) is 6.41. The first-order chi connectivity index (χ1) is 9.97. The quantitative estimate of drug-likeness (QED) is 0.852. The molecule has 0 aliphatic carbocycles. The van der Waals surface area contributed by atoms with E-state index in [0.29, 0.717) is 17.5 Å².